The quantitative estimate of drug-likeness (QED) is 0.493. The topological polar surface area (TPSA) is 69.7 Å². The lowest BCUT2D eigenvalue weighted by Crippen LogP contribution is -2.40. The summed E-state index contributed by atoms with van der Waals surface area (Å²) in [7, 11) is 0. The first-order chi connectivity index (χ1) is 16.6. The second kappa shape index (κ2) is 9.51. The number of hydrogen-bond acceptors (Lipinski definition) is 3. The standard InChI is InChI=1S/C28H27N3O3/c32-26-24-17-16-21(18-25(24)27(33)31(26)23-14-8-3-9-15-23)29-28(34)30(22-12-6-2-7-13-22)19-20-10-4-1-5-11-20/h1-2,4-7,10-13,16-18,23H,3,8-9,14-15,19H2,(H,29,34). The second-order valence-corrected chi connectivity index (χ2v) is 8.87. The third-order valence-electron chi connectivity index (χ3n) is 6.61. The zero-order valence-electron chi connectivity index (χ0n) is 18.9. The number of hydrogen-bond donors (Lipinski definition) is 1. The molecular weight excluding hydrogens is 426 g/mol. The van der Waals surface area contributed by atoms with Crippen molar-refractivity contribution in [2.24, 2.45) is 0 Å². The lowest BCUT2D eigenvalue weighted by Gasteiger charge is -2.29. The first kappa shape index (κ1) is 21.9. The number of para-hydroxylation sites is 1. The van der Waals surface area contributed by atoms with E-state index in [4.69, 9.17) is 0 Å². The molecule has 1 saturated carbocycles. The molecule has 1 aliphatic carbocycles. The maximum atomic E-state index is 13.3. The number of imide groups is 1. The van der Waals surface area contributed by atoms with Gasteiger partial charge in [0.05, 0.1) is 17.7 Å². The summed E-state index contributed by atoms with van der Waals surface area (Å²) in [5, 5.41) is 2.93. The Morgan fingerprint density at radius 3 is 2.18 bits per heavy atom. The molecule has 0 unspecified atom stereocenters. The highest BCUT2D eigenvalue weighted by atomic mass is 16.2. The molecule has 5 rings (SSSR count). The number of carbonyl (C=O) groups excluding carboxylic acids is 3. The van der Waals surface area contributed by atoms with Crippen LogP contribution in [0.2, 0.25) is 0 Å². The summed E-state index contributed by atoms with van der Waals surface area (Å²) in [6.45, 7) is 0.397. The van der Waals surface area contributed by atoms with Crippen LogP contribution in [0.15, 0.2) is 78.9 Å². The number of fused-ring (bicyclic) bond motifs is 1. The van der Waals surface area contributed by atoms with Crippen LogP contribution in [0.25, 0.3) is 0 Å². The Labute approximate surface area is 199 Å². The first-order valence-corrected chi connectivity index (χ1v) is 11.8. The van der Waals surface area contributed by atoms with Gasteiger partial charge in [-0.1, -0.05) is 67.8 Å². The van der Waals surface area contributed by atoms with Crippen molar-refractivity contribution in [2.45, 2.75) is 44.7 Å². The Bertz CT molecular complexity index is 1200. The molecule has 34 heavy (non-hydrogen) atoms. The van der Waals surface area contributed by atoms with Gasteiger partial charge in [0.15, 0.2) is 0 Å². The number of carbonyl (C=O) groups is 3. The minimum atomic E-state index is -0.309. The number of amides is 4. The Hall–Kier alpha value is -3.93. The first-order valence-electron chi connectivity index (χ1n) is 11.8. The van der Waals surface area contributed by atoms with Gasteiger partial charge in [-0.3, -0.25) is 19.4 Å². The Kier molecular flexibility index (Phi) is 6.12. The van der Waals surface area contributed by atoms with Crippen molar-refractivity contribution in [3.63, 3.8) is 0 Å². The Morgan fingerprint density at radius 1 is 0.824 bits per heavy atom. The summed E-state index contributed by atoms with van der Waals surface area (Å²) in [4.78, 5) is 42.5. The van der Waals surface area contributed by atoms with Gasteiger partial charge in [-0.15, -0.1) is 0 Å². The molecule has 172 valence electrons. The highest BCUT2D eigenvalue weighted by Gasteiger charge is 2.40. The zero-order chi connectivity index (χ0) is 23.5. The summed E-state index contributed by atoms with van der Waals surface area (Å²) < 4.78 is 0. The fraction of sp³-hybridized carbons (Fsp3) is 0.250. The van der Waals surface area contributed by atoms with Gasteiger partial charge in [0.25, 0.3) is 11.8 Å². The monoisotopic (exact) mass is 453 g/mol. The Balaban J connectivity index is 1.38. The predicted molar refractivity (Wildman–Crippen MR) is 132 cm³/mol. The summed E-state index contributed by atoms with van der Waals surface area (Å²) in [6.07, 6.45) is 4.95. The van der Waals surface area contributed by atoms with Gasteiger partial charge in [-0.25, -0.2) is 4.79 Å². The molecule has 0 radical (unpaired) electrons. The number of urea groups is 1. The molecule has 0 atom stereocenters. The smallest absolute Gasteiger partial charge is 0.308 e. The van der Waals surface area contributed by atoms with E-state index in [-0.39, 0.29) is 23.9 Å². The molecule has 3 aromatic carbocycles. The van der Waals surface area contributed by atoms with E-state index in [1.807, 2.05) is 60.7 Å². The van der Waals surface area contributed by atoms with Crippen LogP contribution in [-0.4, -0.2) is 28.8 Å². The number of nitrogens with zero attached hydrogens (tertiary/aromatic N) is 2. The fourth-order valence-electron chi connectivity index (χ4n) is 4.85. The fourth-order valence-corrected chi connectivity index (χ4v) is 4.85. The average Bonchev–Trinajstić information content (AvgIpc) is 3.13. The highest BCUT2D eigenvalue weighted by Crippen LogP contribution is 2.32. The number of nitrogens with one attached hydrogen (secondary N) is 1. The van der Waals surface area contributed by atoms with Gasteiger partial charge in [0.1, 0.15) is 0 Å². The minimum Gasteiger partial charge on any atom is -0.308 e. The van der Waals surface area contributed by atoms with Gasteiger partial charge in [0.2, 0.25) is 0 Å². The molecule has 3 aromatic rings. The summed E-state index contributed by atoms with van der Waals surface area (Å²) in [5.74, 6) is -0.480. The lowest BCUT2D eigenvalue weighted by molar-refractivity contribution is 0.0549. The van der Waals surface area contributed by atoms with Crippen molar-refractivity contribution in [3.05, 3.63) is 95.6 Å². The van der Waals surface area contributed by atoms with E-state index in [0.29, 0.717) is 23.4 Å². The van der Waals surface area contributed by atoms with Crippen LogP contribution in [0, 0.1) is 0 Å². The minimum absolute atomic E-state index is 0.0290. The molecule has 1 N–H and O–H groups in total. The van der Waals surface area contributed by atoms with E-state index in [1.54, 1.807) is 23.1 Å². The molecule has 6 heteroatoms. The maximum Gasteiger partial charge on any atom is 0.326 e. The van der Waals surface area contributed by atoms with Gasteiger partial charge < -0.3 is 5.32 Å². The molecule has 6 nitrogen and oxygen atoms in total. The van der Waals surface area contributed by atoms with Crippen LogP contribution in [0.1, 0.15) is 58.4 Å². The number of benzene rings is 3. The molecule has 0 spiro atoms. The van der Waals surface area contributed by atoms with Crippen molar-refractivity contribution in [2.75, 3.05) is 10.2 Å². The molecule has 1 aliphatic heterocycles. The van der Waals surface area contributed by atoms with Gasteiger partial charge >= 0.3 is 6.03 Å². The van der Waals surface area contributed by atoms with Crippen molar-refractivity contribution in [1.29, 1.82) is 0 Å². The summed E-state index contributed by atoms with van der Waals surface area (Å²) in [6, 6.07) is 23.9. The van der Waals surface area contributed by atoms with E-state index in [2.05, 4.69) is 5.32 Å². The molecule has 1 heterocycles. The van der Waals surface area contributed by atoms with Gasteiger partial charge in [-0.05, 0) is 48.7 Å². The summed E-state index contributed by atoms with van der Waals surface area (Å²) in [5.41, 5.74) is 3.03. The predicted octanol–water partition coefficient (Wildman–Crippen LogP) is 5.85. The van der Waals surface area contributed by atoms with Crippen LogP contribution in [-0.2, 0) is 6.54 Å². The van der Waals surface area contributed by atoms with E-state index in [0.717, 1.165) is 43.4 Å². The third-order valence-corrected chi connectivity index (χ3v) is 6.61. The largest absolute Gasteiger partial charge is 0.326 e. The SMILES string of the molecule is O=C(Nc1ccc2c(c1)C(=O)N(C1CCCCC1)C2=O)N(Cc1ccccc1)c1ccccc1. The van der Waals surface area contributed by atoms with E-state index in [1.165, 1.54) is 4.90 Å². The number of anilines is 2. The lowest BCUT2D eigenvalue weighted by atomic mass is 9.94. The van der Waals surface area contributed by atoms with Crippen molar-refractivity contribution < 1.29 is 14.4 Å². The molecule has 4 amide bonds. The van der Waals surface area contributed by atoms with Gasteiger partial charge in [-0.2, -0.15) is 0 Å². The molecular formula is C28H27N3O3. The zero-order valence-corrected chi connectivity index (χ0v) is 18.9. The number of rotatable bonds is 5. The Morgan fingerprint density at radius 2 is 1.47 bits per heavy atom. The van der Waals surface area contributed by atoms with Crippen LogP contribution < -0.4 is 10.2 Å². The van der Waals surface area contributed by atoms with Crippen LogP contribution >= 0.6 is 0 Å². The normalized spacial score (nSPS) is 15.8. The highest BCUT2D eigenvalue weighted by molar-refractivity contribution is 6.22. The molecule has 0 bridgehead atoms. The van der Waals surface area contributed by atoms with Crippen LogP contribution in [0.4, 0.5) is 16.2 Å². The molecule has 0 aromatic heterocycles. The maximum absolute atomic E-state index is 13.3. The molecule has 0 saturated heterocycles. The third kappa shape index (κ3) is 4.31. The van der Waals surface area contributed by atoms with Gasteiger partial charge in [0, 0.05) is 17.4 Å². The van der Waals surface area contributed by atoms with E-state index < -0.39 is 0 Å². The molecule has 1 fully saturated rings. The van der Waals surface area contributed by atoms with E-state index >= 15 is 0 Å². The van der Waals surface area contributed by atoms with Crippen molar-refractivity contribution >= 4 is 29.2 Å². The van der Waals surface area contributed by atoms with E-state index in [9.17, 15) is 14.4 Å². The second-order valence-electron chi connectivity index (χ2n) is 8.87. The van der Waals surface area contributed by atoms with Crippen molar-refractivity contribution in [3.8, 4) is 0 Å². The molecule has 2 aliphatic rings. The van der Waals surface area contributed by atoms with Crippen molar-refractivity contribution in [1.82, 2.24) is 4.90 Å². The summed E-state index contributed by atoms with van der Waals surface area (Å²) >= 11 is 0. The average molecular weight is 454 g/mol. The van der Waals surface area contributed by atoms with Crippen LogP contribution in [0.5, 0.6) is 0 Å². The van der Waals surface area contributed by atoms with Crippen LogP contribution in [0.3, 0.4) is 0 Å².